The van der Waals surface area contributed by atoms with Gasteiger partial charge in [0.15, 0.2) is 0 Å². The first-order valence-electron chi connectivity index (χ1n) is 40.0. The van der Waals surface area contributed by atoms with Crippen LogP contribution in [0.1, 0.15) is 178 Å². The number of aromatic nitrogens is 14. The van der Waals surface area contributed by atoms with Crippen molar-refractivity contribution in [3.8, 4) is 0 Å². The van der Waals surface area contributed by atoms with E-state index >= 15 is 0 Å². The van der Waals surface area contributed by atoms with Gasteiger partial charge in [-0.1, -0.05) is 155 Å². The third kappa shape index (κ3) is 25.5. The van der Waals surface area contributed by atoms with Crippen LogP contribution in [0.2, 0.25) is 0 Å². The number of hydrogen-bond donors (Lipinski definition) is 1. The molecule has 16 aromatic rings. The van der Waals surface area contributed by atoms with Crippen molar-refractivity contribution < 1.29 is 78.2 Å². The number of thioether (sulfide) groups is 2. The Balaban J connectivity index is 0.000000156. The number of aliphatic hydroxyl groups is 1. The predicted molar refractivity (Wildman–Crippen MR) is 526 cm³/mol. The van der Waals surface area contributed by atoms with Gasteiger partial charge in [-0.05, 0) is 130 Å². The Morgan fingerprint density at radius 3 is 1.45 bits per heavy atom. The van der Waals surface area contributed by atoms with Gasteiger partial charge in [0.25, 0.3) is 0 Å². The van der Waals surface area contributed by atoms with Crippen LogP contribution in [0.5, 0.6) is 0 Å². The van der Waals surface area contributed by atoms with E-state index in [0.29, 0.717) is 37.0 Å². The van der Waals surface area contributed by atoms with Crippen LogP contribution < -0.4 is 58.7 Å². The maximum Gasteiger partial charge on any atom is 2.00 e. The number of para-hydroxylation sites is 2. The fraction of sp³-hybridized carbons (Fsp3) is 0.313. The molecule has 0 saturated carbocycles. The predicted octanol–water partition coefficient (Wildman–Crippen LogP) is 22.5. The minimum Gasteiger partial charge on any atom is -0.433 e. The van der Waals surface area contributed by atoms with Crippen LogP contribution in [-0.4, -0.2) is 74.2 Å². The summed E-state index contributed by atoms with van der Waals surface area (Å²) in [6, 6.07) is 16.2. The molecule has 14 aromatic heterocycles. The Kier molecular flexibility index (Phi) is 38.2. The summed E-state index contributed by atoms with van der Waals surface area (Å²) in [5, 5.41) is 58.2. The van der Waals surface area contributed by atoms with Crippen molar-refractivity contribution >= 4 is 260 Å². The Morgan fingerprint density at radius 2 is 0.946 bits per heavy atom. The van der Waals surface area contributed by atoms with Crippen LogP contribution in [0.4, 0.5) is 41.1 Å². The molecule has 0 amide bonds. The maximum atomic E-state index is 8.95. The molecule has 0 fully saturated rings. The summed E-state index contributed by atoms with van der Waals surface area (Å²) in [4.78, 5) is 111. The molecule has 4 unspecified atom stereocenters. The van der Waals surface area contributed by atoms with E-state index in [-0.39, 0.29) is 103 Å². The smallest absolute Gasteiger partial charge is 0.433 e. The molecule has 8 bridgehead atoms. The molecule has 130 heavy (non-hydrogen) atoms. The van der Waals surface area contributed by atoms with Crippen molar-refractivity contribution in [3.05, 3.63) is 245 Å². The van der Waals surface area contributed by atoms with Gasteiger partial charge in [-0.2, -0.15) is 56.7 Å². The third-order valence-corrected chi connectivity index (χ3v) is 32.0. The second-order valence-electron chi connectivity index (χ2n) is 29.0. The SMILES string of the molecule is CCCCC(C)(c1csc(N=c2[n-]c3ccccc3s2)n1)c1csc(=Nc2nc3ccccc3s2)[n-]1.CCCCC(C)(c1csc(N=c2[n-]ccs2)n1)c1csc(=Nc2nccs2)[n-]1.CCCCC1(C)C2=CSC(=Nc3nc(cs3)C(C)(CCCC)C3=CSC(=Nc4nc1cs4)[N-]3)[N-]2.OCCO/N=C(\c1csc(N=c2[n-]ccs2)n1)c1csc(=Nc2nccs2)[n-]1.[Cu+2].[Cu+2].[Cu+2].[Cu+2]. The van der Waals surface area contributed by atoms with Crippen molar-refractivity contribution in [2.45, 2.75) is 154 Å². The average Bonchev–Trinajstić information content (AvgIpc) is 1.70. The Morgan fingerprint density at radius 1 is 0.454 bits per heavy atom. The average molecular weight is 2230 g/mol. The van der Waals surface area contributed by atoms with E-state index in [2.05, 4.69) is 176 Å². The summed E-state index contributed by atoms with van der Waals surface area (Å²) >= 11 is 24.3. The van der Waals surface area contributed by atoms with Gasteiger partial charge >= 0.3 is 68.3 Å². The zero-order chi connectivity index (χ0) is 86.9. The molecule has 17 heterocycles. The number of amidine groups is 2. The monoisotopic (exact) mass is 2220 g/mol. The van der Waals surface area contributed by atoms with E-state index in [1.165, 1.54) is 68.0 Å². The number of thiazole rings is 14. The minimum absolute atomic E-state index is 0. The number of benzene rings is 2. The molecule has 0 saturated heterocycles. The summed E-state index contributed by atoms with van der Waals surface area (Å²) < 4.78 is 2.26. The molecule has 1 N–H and O–H groups in total. The van der Waals surface area contributed by atoms with E-state index < -0.39 is 0 Å². The normalized spacial score (nSPS) is 17.0. The summed E-state index contributed by atoms with van der Waals surface area (Å²) in [7, 11) is 0. The van der Waals surface area contributed by atoms with Crippen LogP contribution in [0.25, 0.3) is 31.1 Å². The van der Waals surface area contributed by atoms with E-state index in [9.17, 15) is 0 Å². The van der Waals surface area contributed by atoms with Crippen molar-refractivity contribution in [1.82, 2.24) is 69.8 Å². The number of fused-ring (bicyclic) bond motifs is 10. The van der Waals surface area contributed by atoms with Crippen LogP contribution in [0.15, 0.2) is 205 Å². The zero-order valence-electron chi connectivity index (χ0n) is 70.2. The molecule has 0 spiro atoms. The first-order chi connectivity index (χ1) is 61.5. The van der Waals surface area contributed by atoms with Crippen LogP contribution in [-0.2, 0) is 94.8 Å². The molecule has 3 aliphatic heterocycles. The molecular weight excluding hydrogens is 2150 g/mol. The number of aliphatic hydroxyl groups excluding tert-OH is 1. The minimum atomic E-state index is -0.314. The van der Waals surface area contributed by atoms with E-state index in [1.807, 2.05) is 68.7 Å². The largest absolute Gasteiger partial charge is 2.00 e. The second-order valence-corrected chi connectivity index (χ2v) is 42.8. The standard InChI is InChI=1S/C26H22N6S4.C24H28N6S4.C18H18N6S4.C15H11N7O2S4.4Cu/c1-3-4-13-26(2,20-14-33-22(29-20)31-24-27-16-9-5-7-11-18(16)35-24)21-15-34-23(30-21)32-25-28-17-10-6-8-12-19(17)36-25;1-5-7-9-23(3)15-11-31-19(25-15)29-21-27-17(13-33-21)24(4,10-8-6-2)18-14-34-22(28-18)30-20-26-16(23)12-32-20;1-3-4-5-18(2,12-10-27-16(21-12)23-14-19-6-8-25-14)13-11-28-17(22-13)24-15-20-7-9-26-15;23-3-4-24-22-11(9-7-27-14(18-9)20-12-16-1-5-25-12)10-8-28-15(19-10)21-13-17-2-6-26-13;;;;/h5-12,14-15H,3-4,13H2,1-2H3;11-14H,5-10H2,1-4H3;6-11H,3-5H2,1-2H3;1-2,5-8,23H,3-4H2;;;;/q4*-2;4*+2. The number of aliphatic imine (C=N–C) groups is 2. The quantitative estimate of drug-likeness (QED) is 0.0216. The number of allylic oxidation sites excluding steroid dienone is 2. The van der Waals surface area contributed by atoms with E-state index in [1.54, 1.807) is 139 Å². The zero-order valence-corrected chi connectivity index (χ0v) is 87.0. The Hall–Kier alpha value is -6.79. The maximum absolute atomic E-state index is 8.95. The fourth-order valence-electron chi connectivity index (χ4n) is 13.0. The fourth-order valence-corrected chi connectivity index (χ4v) is 25.1. The first-order valence-corrected chi connectivity index (χ1v) is 53.9. The molecule has 27 nitrogen and oxygen atoms in total. The second kappa shape index (κ2) is 48.6. The number of rotatable bonds is 27. The molecule has 2 aromatic carbocycles. The summed E-state index contributed by atoms with van der Waals surface area (Å²) in [6.07, 6.45) is 19.7. The van der Waals surface area contributed by atoms with Gasteiger partial charge in [0.05, 0.1) is 39.6 Å². The molecule has 19 rings (SSSR count). The van der Waals surface area contributed by atoms with Gasteiger partial charge < -0.3 is 90.4 Å². The van der Waals surface area contributed by atoms with Gasteiger partial charge in [-0.3, -0.25) is 0 Å². The number of oxime groups is 1. The van der Waals surface area contributed by atoms with Crippen LogP contribution >= 0.6 is 182 Å². The first kappa shape index (κ1) is 102. The molecule has 4 radical (unpaired) electrons. The summed E-state index contributed by atoms with van der Waals surface area (Å²) in [5.74, 6) is 0. The molecule has 4 atom stereocenters. The van der Waals surface area contributed by atoms with Gasteiger partial charge in [-0.15, -0.1) is 126 Å². The Bertz CT molecular complexity index is 6750. The third-order valence-electron chi connectivity index (χ3n) is 20.2. The van der Waals surface area contributed by atoms with E-state index in [4.69, 9.17) is 70.5 Å². The van der Waals surface area contributed by atoms with Gasteiger partial charge in [0.1, 0.15) is 59.1 Å². The molecule has 3 aliphatic rings. The number of unbranched alkanes of at least 4 members (excludes halogenated alkanes) is 4. The molecule has 688 valence electrons. The summed E-state index contributed by atoms with van der Waals surface area (Å²) in [5.41, 5.74) is 10.5. The van der Waals surface area contributed by atoms with Crippen molar-refractivity contribution in [1.29, 1.82) is 0 Å². The summed E-state index contributed by atoms with van der Waals surface area (Å²) in [6.45, 7) is 17.7. The molecule has 0 aliphatic carbocycles. The van der Waals surface area contributed by atoms with Crippen molar-refractivity contribution in [2.24, 2.45) is 45.1 Å². The van der Waals surface area contributed by atoms with Crippen LogP contribution in [0.3, 0.4) is 0 Å². The van der Waals surface area contributed by atoms with Crippen LogP contribution in [0, 0.1) is 0 Å². The molecule has 47 heteroatoms. The van der Waals surface area contributed by atoms with E-state index in [0.717, 1.165) is 203 Å². The van der Waals surface area contributed by atoms with Gasteiger partial charge in [0.2, 0.25) is 0 Å². The Labute approximate surface area is 855 Å². The number of hydrogen-bond acceptors (Lipinski definition) is 35. The molecular formula is C83H79Cu4N25O2S16. The van der Waals surface area contributed by atoms with Crippen molar-refractivity contribution in [3.63, 3.8) is 0 Å². The topological polar surface area (TPSA) is 357 Å². The van der Waals surface area contributed by atoms with Gasteiger partial charge in [0, 0.05) is 101 Å². The van der Waals surface area contributed by atoms with Crippen molar-refractivity contribution in [2.75, 3.05) is 13.2 Å². The number of nitrogens with zero attached hydrogens (tertiary/aromatic N) is 25. The van der Waals surface area contributed by atoms with Gasteiger partial charge in [-0.25, -0.2) is 39.9 Å².